The molecule has 0 aliphatic rings. The number of anilines is 2. The van der Waals surface area contributed by atoms with E-state index in [9.17, 15) is 22.7 Å². The van der Waals surface area contributed by atoms with Crippen molar-refractivity contribution in [2.24, 2.45) is 0 Å². The first-order chi connectivity index (χ1) is 16.3. The van der Waals surface area contributed by atoms with Crippen molar-refractivity contribution in [2.45, 2.75) is 0 Å². The molecule has 0 unspecified atom stereocenters. The molecular formula is C24H27FN4O4S. The molecule has 0 saturated carbocycles. The van der Waals surface area contributed by atoms with Crippen LogP contribution < -0.4 is 20.7 Å². The molecule has 0 aliphatic carbocycles. The monoisotopic (exact) mass is 486 g/mol. The van der Waals surface area contributed by atoms with Crippen molar-refractivity contribution in [3.63, 3.8) is 0 Å². The molecule has 10 heteroatoms. The van der Waals surface area contributed by atoms with Gasteiger partial charge in [-0.15, -0.1) is 0 Å². The normalized spacial score (nSPS) is 11.2. The van der Waals surface area contributed by atoms with Crippen LogP contribution in [0.5, 0.6) is 5.75 Å². The van der Waals surface area contributed by atoms with Crippen LogP contribution in [-0.4, -0.2) is 51.9 Å². The first-order valence-electron chi connectivity index (χ1n) is 10.6. The Labute approximate surface area is 198 Å². The molecule has 0 heterocycles. The number of hydrogen-bond acceptors (Lipinski definition) is 6. The minimum absolute atomic E-state index is 0.0281. The molecule has 0 aromatic heterocycles. The molecule has 8 nitrogen and oxygen atoms in total. The summed E-state index contributed by atoms with van der Waals surface area (Å²) in [6.45, 7) is 1.59. The second-order valence-electron chi connectivity index (χ2n) is 7.54. The van der Waals surface area contributed by atoms with Gasteiger partial charge in [0, 0.05) is 30.9 Å². The number of benzene rings is 3. The lowest BCUT2D eigenvalue weighted by Crippen LogP contribution is -2.31. The number of halogens is 1. The number of phenolic OH excluding ortho intramolecular Hbond substituents is 1. The van der Waals surface area contributed by atoms with E-state index >= 15 is 0 Å². The Bertz CT molecular complexity index is 1220. The van der Waals surface area contributed by atoms with Crippen molar-refractivity contribution in [3.05, 3.63) is 78.1 Å². The summed E-state index contributed by atoms with van der Waals surface area (Å²) in [7, 11) is -1.90. The summed E-state index contributed by atoms with van der Waals surface area (Å²) in [4.78, 5) is 12.6. The van der Waals surface area contributed by atoms with Gasteiger partial charge in [0.2, 0.25) is 10.0 Å². The van der Waals surface area contributed by atoms with E-state index in [1.807, 2.05) is 0 Å². The molecule has 0 spiro atoms. The van der Waals surface area contributed by atoms with Crippen molar-refractivity contribution in [1.29, 1.82) is 0 Å². The van der Waals surface area contributed by atoms with Crippen molar-refractivity contribution in [3.8, 4) is 16.9 Å². The van der Waals surface area contributed by atoms with Crippen LogP contribution in [0.4, 0.5) is 15.8 Å². The van der Waals surface area contributed by atoms with Crippen LogP contribution in [0, 0.1) is 5.82 Å². The van der Waals surface area contributed by atoms with Gasteiger partial charge in [0.25, 0.3) is 5.91 Å². The fourth-order valence-electron chi connectivity index (χ4n) is 3.12. The first kappa shape index (κ1) is 25.2. The smallest absolute Gasteiger partial charge is 0.255 e. The molecule has 0 atom stereocenters. The van der Waals surface area contributed by atoms with Crippen molar-refractivity contribution < 1.29 is 22.7 Å². The minimum atomic E-state index is -3.70. The molecule has 180 valence electrons. The SMILES string of the molecule is CNCCNCCS(=O)(=O)Nc1cc(NC(=O)c2ccc(-c3ccc(F)cc3)cc2)ccc1O. The van der Waals surface area contributed by atoms with Gasteiger partial charge in [-0.05, 0) is 60.6 Å². The van der Waals surface area contributed by atoms with Gasteiger partial charge >= 0.3 is 0 Å². The average Bonchev–Trinajstić information content (AvgIpc) is 2.81. The number of nitrogens with one attached hydrogen (secondary N) is 4. The number of rotatable bonds is 11. The number of likely N-dealkylation sites (N-methyl/N-ethyl adjacent to an activating group) is 1. The van der Waals surface area contributed by atoms with E-state index in [-0.39, 0.29) is 29.6 Å². The maximum atomic E-state index is 13.1. The maximum Gasteiger partial charge on any atom is 0.255 e. The summed E-state index contributed by atoms with van der Waals surface area (Å²) in [5.74, 6) is -1.16. The van der Waals surface area contributed by atoms with Crippen LogP contribution in [0.3, 0.4) is 0 Å². The van der Waals surface area contributed by atoms with E-state index in [4.69, 9.17) is 0 Å². The molecule has 0 bridgehead atoms. The zero-order valence-electron chi connectivity index (χ0n) is 18.6. The standard InChI is InChI=1S/C24H27FN4O4S/c1-26-12-13-27-14-15-34(32,33)29-22-16-21(10-11-23(22)30)28-24(31)19-4-2-17(3-5-19)18-6-8-20(25)9-7-18/h2-11,16,26-27,29-30H,12-15H2,1H3,(H,28,31). The minimum Gasteiger partial charge on any atom is -0.506 e. The third kappa shape index (κ3) is 7.27. The Balaban J connectivity index is 1.64. The Hall–Kier alpha value is -3.47. The largest absolute Gasteiger partial charge is 0.506 e. The predicted molar refractivity (Wildman–Crippen MR) is 132 cm³/mol. The number of carbonyl (C=O) groups excluding carboxylic acids is 1. The van der Waals surface area contributed by atoms with E-state index in [1.165, 1.54) is 30.3 Å². The topological polar surface area (TPSA) is 120 Å². The zero-order chi connectivity index (χ0) is 24.6. The van der Waals surface area contributed by atoms with Gasteiger partial charge in [-0.25, -0.2) is 12.8 Å². The van der Waals surface area contributed by atoms with E-state index in [2.05, 4.69) is 20.7 Å². The molecular weight excluding hydrogens is 459 g/mol. The van der Waals surface area contributed by atoms with Gasteiger partial charge in [0.1, 0.15) is 11.6 Å². The van der Waals surface area contributed by atoms with Gasteiger partial charge in [-0.2, -0.15) is 0 Å². The van der Waals surface area contributed by atoms with Crippen molar-refractivity contribution in [1.82, 2.24) is 10.6 Å². The molecule has 1 amide bonds. The number of hydrogen-bond donors (Lipinski definition) is 5. The molecule has 3 aromatic carbocycles. The highest BCUT2D eigenvalue weighted by Gasteiger charge is 2.14. The Morgan fingerprint density at radius 3 is 2.21 bits per heavy atom. The second kappa shape index (κ2) is 11.6. The molecule has 0 fully saturated rings. The van der Waals surface area contributed by atoms with Crippen molar-refractivity contribution >= 4 is 27.3 Å². The summed E-state index contributed by atoms with van der Waals surface area (Å²) in [6, 6.07) is 17.0. The van der Waals surface area contributed by atoms with Crippen LogP contribution in [0.1, 0.15) is 10.4 Å². The Morgan fingerprint density at radius 1 is 0.912 bits per heavy atom. The molecule has 0 radical (unpaired) electrons. The van der Waals surface area contributed by atoms with Crippen LogP contribution in [-0.2, 0) is 10.0 Å². The predicted octanol–water partition coefficient (Wildman–Crippen LogP) is 3.00. The highest BCUT2D eigenvalue weighted by molar-refractivity contribution is 7.92. The third-order valence-electron chi connectivity index (χ3n) is 4.94. The van der Waals surface area contributed by atoms with E-state index in [1.54, 1.807) is 43.4 Å². The highest BCUT2D eigenvalue weighted by Crippen LogP contribution is 2.28. The Morgan fingerprint density at radius 2 is 1.56 bits per heavy atom. The lowest BCUT2D eigenvalue weighted by atomic mass is 10.0. The fourth-order valence-corrected chi connectivity index (χ4v) is 4.13. The quantitative estimate of drug-likeness (QED) is 0.162. The summed E-state index contributed by atoms with van der Waals surface area (Å²) in [6.07, 6.45) is 0. The molecule has 3 aromatic rings. The number of sulfonamides is 1. The van der Waals surface area contributed by atoms with Crippen LogP contribution in [0.2, 0.25) is 0 Å². The molecule has 0 aliphatic heterocycles. The van der Waals surface area contributed by atoms with Gasteiger partial charge in [-0.3, -0.25) is 9.52 Å². The summed E-state index contributed by atoms with van der Waals surface area (Å²) >= 11 is 0. The number of carbonyl (C=O) groups is 1. The van der Waals surface area contributed by atoms with Gasteiger partial charge in [0.05, 0.1) is 11.4 Å². The van der Waals surface area contributed by atoms with E-state index in [0.717, 1.165) is 11.1 Å². The first-order valence-corrected chi connectivity index (χ1v) is 12.3. The van der Waals surface area contributed by atoms with Crippen LogP contribution >= 0.6 is 0 Å². The number of aromatic hydroxyl groups is 1. The lowest BCUT2D eigenvalue weighted by molar-refractivity contribution is 0.102. The number of amides is 1. The highest BCUT2D eigenvalue weighted by atomic mass is 32.2. The molecule has 0 saturated heterocycles. The van der Waals surface area contributed by atoms with Crippen LogP contribution in [0.15, 0.2) is 66.7 Å². The van der Waals surface area contributed by atoms with Crippen LogP contribution in [0.25, 0.3) is 11.1 Å². The third-order valence-corrected chi connectivity index (χ3v) is 6.22. The number of phenols is 1. The van der Waals surface area contributed by atoms with Crippen molar-refractivity contribution in [2.75, 3.05) is 42.5 Å². The fraction of sp³-hybridized carbons (Fsp3) is 0.208. The summed E-state index contributed by atoms with van der Waals surface area (Å²) < 4.78 is 40.1. The van der Waals surface area contributed by atoms with E-state index in [0.29, 0.717) is 24.3 Å². The zero-order valence-corrected chi connectivity index (χ0v) is 19.5. The maximum absolute atomic E-state index is 13.1. The molecule has 5 N–H and O–H groups in total. The summed E-state index contributed by atoms with van der Waals surface area (Å²) in [5, 5.41) is 18.7. The van der Waals surface area contributed by atoms with Gasteiger partial charge < -0.3 is 21.1 Å². The molecule has 34 heavy (non-hydrogen) atoms. The van der Waals surface area contributed by atoms with E-state index < -0.39 is 15.9 Å². The van der Waals surface area contributed by atoms with Gasteiger partial charge in [-0.1, -0.05) is 24.3 Å². The lowest BCUT2D eigenvalue weighted by Gasteiger charge is -2.12. The Kier molecular flexibility index (Phi) is 8.58. The summed E-state index contributed by atoms with van der Waals surface area (Å²) in [5.41, 5.74) is 2.32. The second-order valence-corrected chi connectivity index (χ2v) is 9.39. The van der Waals surface area contributed by atoms with Gasteiger partial charge in [0.15, 0.2) is 0 Å². The average molecular weight is 487 g/mol. The molecule has 3 rings (SSSR count).